The first-order valence-corrected chi connectivity index (χ1v) is 10.1. The summed E-state index contributed by atoms with van der Waals surface area (Å²) >= 11 is 0. The molecule has 6 nitrogen and oxygen atoms in total. The van der Waals surface area contributed by atoms with Crippen LogP contribution in [0.15, 0.2) is 83.8 Å². The quantitative estimate of drug-likeness (QED) is 0.326. The van der Waals surface area contributed by atoms with E-state index in [1.165, 1.54) is 22.8 Å². The summed E-state index contributed by atoms with van der Waals surface area (Å²) in [5.74, 6) is 0.602. The second kappa shape index (κ2) is 9.40. The Hall–Kier alpha value is -4.39. The Labute approximate surface area is 189 Å². The molecule has 7 heteroatoms. The lowest BCUT2D eigenvalue weighted by atomic mass is 10.1. The molecule has 0 radical (unpaired) electrons. The molecule has 166 valence electrons. The molecule has 0 aliphatic rings. The van der Waals surface area contributed by atoms with Gasteiger partial charge in [-0.1, -0.05) is 24.3 Å². The maximum atomic E-state index is 13.2. The smallest absolute Gasteiger partial charge is 0.330 e. The van der Waals surface area contributed by atoms with Gasteiger partial charge in [0, 0.05) is 11.8 Å². The first-order chi connectivity index (χ1) is 16.0. The number of benzene rings is 3. The standard InChI is InChI=1S/C26H21FN2O4/c1-32-24-13-7-17(14-25(24)33-2)6-12-23(30)19-4-3-5-21(15-19)29-16-22(28-26(29)31)18-8-10-20(27)11-9-18/h3-16H,1-2H3,(H,28,31)/b12-6+. The maximum absolute atomic E-state index is 13.2. The van der Waals surface area contributed by atoms with Crippen LogP contribution in [0.5, 0.6) is 11.5 Å². The lowest BCUT2D eigenvalue weighted by Gasteiger charge is -2.07. The SMILES string of the molecule is COc1ccc(/C=C/C(=O)c2cccc(-n3cc(-c4ccc(F)cc4)[nH]c3=O)c2)cc1OC. The van der Waals surface area contributed by atoms with Gasteiger partial charge in [0.2, 0.25) is 0 Å². The highest BCUT2D eigenvalue weighted by molar-refractivity contribution is 6.07. The van der Waals surface area contributed by atoms with Gasteiger partial charge in [-0.15, -0.1) is 0 Å². The number of H-pyrrole nitrogens is 1. The number of imidazole rings is 1. The van der Waals surface area contributed by atoms with Gasteiger partial charge in [-0.3, -0.25) is 9.36 Å². The van der Waals surface area contributed by atoms with Crippen molar-refractivity contribution in [1.29, 1.82) is 0 Å². The number of aromatic nitrogens is 2. The van der Waals surface area contributed by atoms with Crippen LogP contribution in [0.1, 0.15) is 15.9 Å². The van der Waals surface area contributed by atoms with E-state index < -0.39 is 0 Å². The van der Waals surface area contributed by atoms with E-state index in [9.17, 15) is 14.0 Å². The van der Waals surface area contributed by atoms with Crippen LogP contribution in [0.3, 0.4) is 0 Å². The highest BCUT2D eigenvalue weighted by atomic mass is 19.1. The Balaban J connectivity index is 1.58. The maximum Gasteiger partial charge on any atom is 0.330 e. The molecule has 0 aliphatic heterocycles. The molecule has 0 saturated carbocycles. The monoisotopic (exact) mass is 444 g/mol. The zero-order chi connectivity index (χ0) is 23.4. The van der Waals surface area contributed by atoms with Gasteiger partial charge in [0.1, 0.15) is 5.82 Å². The van der Waals surface area contributed by atoms with E-state index in [0.717, 1.165) is 5.56 Å². The molecule has 0 amide bonds. The minimum atomic E-state index is -0.361. The van der Waals surface area contributed by atoms with E-state index in [4.69, 9.17) is 9.47 Å². The summed E-state index contributed by atoms with van der Waals surface area (Å²) in [6.07, 6.45) is 4.77. The normalized spacial score (nSPS) is 11.0. The van der Waals surface area contributed by atoms with Crippen LogP contribution >= 0.6 is 0 Å². The Bertz CT molecular complexity index is 1380. The topological polar surface area (TPSA) is 73.3 Å². The number of halogens is 1. The van der Waals surface area contributed by atoms with Crippen LogP contribution in [0.2, 0.25) is 0 Å². The van der Waals surface area contributed by atoms with Crippen LogP contribution in [0.25, 0.3) is 23.0 Å². The molecule has 0 atom stereocenters. The molecule has 1 heterocycles. The summed E-state index contributed by atoms with van der Waals surface area (Å²) < 4.78 is 25.1. The molecule has 4 rings (SSSR count). The fraction of sp³-hybridized carbons (Fsp3) is 0.0769. The van der Waals surface area contributed by atoms with E-state index in [1.54, 1.807) is 75.0 Å². The fourth-order valence-electron chi connectivity index (χ4n) is 3.40. The average molecular weight is 444 g/mol. The Kier molecular flexibility index (Phi) is 6.22. The van der Waals surface area contributed by atoms with E-state index >= 15 is 0 Å². The molecule has 0 spiro atoms. The number of hydrogen-bond acceptors (Lipinski definition) is 4. The van der Waals surface area contributed by atoms with Crippen molar-refractivity contribution in [3.05, 3.63) is 106 Å². The molecule has 0 aliphatic carbocycles. The Morgan fingerprint density at radius 2 is 1.73 bits per heavy atom. The van der Waals surface area contributed by atoms with E-state index in [0.29, 0.717) is 34.0 Å². The molecule has 1 N–H and O–H groups in total. The van der Waals surface area contributed by atoms with Crippen molar-refractivity contribution in [2.24, 2.45) is 0 Å². The van der Waals surface area contributed by atoms with Crippen molar-refractivity contribution in [1.82, 2.24) is 9.55 Å². The molecule has 1 aromatic heterocycles. The Morgan fingerprint density at radius 3 is 2.45 bits per heavy atom. The third kappa shape index (κ3) is 4.77. The number of rotatable bonds is 7. The van der Waals surface area contributed by atoms with Crippen molar-refractivity contribution in [3.8, 4) is 28.4 Å². The first-order valence-electron chi connectivity index (χ1n) is 10.1. The van der Waals surface area contributed by atoms with Gasteiger partial charge in [-0.2, -0.15) is 0 Å². The molecular formula is C26H21FN2O4. The van der Waals surface area contributed by atoms with Crippen LogP contribution in [0, 0.1) is 5.82 Å². The highest BCUT2D eigenvalue weighted by Crippen LogP contribution is 2.28. The minimum Gasteiger partial charge on any atom is -0.493 e. The predicted octanol–water partition coefficient (Wildman–Crippen LogP) is 4.89. The predicted molar refractivity (Wildman–Crippen MR) is 125 cm³/mol. The van der Waals surface area contributed by atoms with Gasteiger partial charge >= 0.3 is 5.69 Å². The van der Waals surface area contributed by atoms with Gasteiger partial charge in [-0.25, -0.2) is 9.18 Å². The molecule has 0 unspecified atom stereocenters. The lowest BCUT2D eigenvalue weighted by Crippen LogP contribution is -2.14. The second-order valence-electron chi connectivity index (χ2n) is 7.21. The summed E-state index contributed by atoms with van der Waals surface area (Å²) in [5.41, 5.74) is 2.61. The summed E-state index contributed by atoms with van der Waals surface area (Å²) in [6, 6.07) is 18.0. The van der Waals surface area contributed by atoms with Gasteiger partial charge in [0.05, 0.1) is 25.6 Å². The van der Waals surface area contributed by atoms with E-state index in [1.807, 2.05) is 6.07 Å². The zero-order valence-electron chi connectivity index (χ0n) is 18.0. The molecule has 0 fully saturated rings. The molecule has 33 heavy (non-hydrogen) atoms. The van der Waals surface area contributed by atoms with Crippen molar-refractivity contribution in [2.45, 2.75) is 0 Å². The number of nitrogens with zero attached hydrogens (tertiary/aromatic N) is 1. The number of ether oxygens (including phenoxy) is 2. The number of carbonyl (C=O) groups excluding carboxylic acids is 1. The molecule has 0 bridgehead atoms. The summed E-state index contributed by atoms with van der Waals surface area (Å²) in [5, 5.41) is 0. The van der Waals surface area contributed by atoms with Crippen LogP contribution in [0.4, 0.5) is 4.39 Å². The van der Waals surface area contributed by atoms with Crippen molar-refractivity contribution < 1.29 is 18.7 Å². The summed E-state index contributed by atoms with van der Waals surface area (Å²) in [7, 11) is 3.11. The van der Waals surface area contributed by atoms with Gasteiger partial charge < -0.3 is 14.5 Å². The van der Waals surface area contributed by atoms with Crippen molar-refractivity contribution >= 4 is 11.9 Å². The average Bonchev–Trinajstić information content (AvgIpc) is 3.24. The summed E-state index contributed by atoms with van der Waals surface area (Å²) in [6.45, 7) is 0. The molecule has 3 aromatic carbocycles. The number of carbonyl (C=O) groups is 1. The van der Waals surface area contributed by atoms with E-state index in [2.05, 4.69) is 4.98 Å². The number of allylic oxidation sites excluding steroid dienone is 1. The molecular weight excluding hydrogens is 423 g/mol. The lowest BCUT2D eigenvalue weighted by molar-refractivity contribution is 0.104. The number of hydrogen-bond donors (Lipinski definition) is 1. The van der Waals surface area contributed by atoms with Crippen LogP contribution < -0.4 is 15.2 Å². The third-order valence-corrected chi connectivity index (χ3v) is 5.12. The van der Waals surface area contributed by atoms with Gasteiger partial charge in [-0.05, 0) is 65.7 Å². The fourth-order valence-corrected chi connectivity index (χ4v) is 3.40. The first kappa shape index (κ1) is 21.8. The van der Waals surface area contributed by atoms with Crippen molar-refractivity contribution in [2.75, 3.05) is 14.2 Å². The molecule has 0 saturated heterocycles. The largest absolute Gasteiger partial charge is 0.493 e. The molecule has 4 aromatic rings. The zero-order valence-corrected chi connectivity index (χ0v) is 18.0. The van der Waals surface area contributed by atoms with Gasteiger partial charge in [0.25, 0.3) is 0 Å². The van der Waals surface area contributed by atoms with E-state index in [-0.39, 0.29) is 17.3 Å². The summed E-state index contributed by atoms with van der Waals surface area (Å²) in [4.78, 5) is 28.0. The number of nitrogens with one attached hydrogen (secondary N) is 1. The van der Waals surface area contributed by atoms with Crippen LogP contribution in [-0.2, 0) is 0 Å². The van der Waals surface area contributed by atoms with Gasteiger partial charge in [0.15, 0.2) is 17.3 Å². The highest BCUT2D eigenvalue weighted by Gasteiger charge is 2.10. The second-order valence-corrected chi connectivity index (χ2v) is 7.21. The van der Waals surface area contributed by atoms with Crippen molar-refractivity contribution in [3.63, 3.8) is 0 Å². The number of ketones is 1. The Morgan fingerprint density at radius 1 is 0.970 bits per heavy atom. The number of aromatic amines is 1. The number of methoxy groups -OCH3 is 2. The minimum absolute atomic E-state index is 0.214. The third-order valence-electron chi connectivity index (χ3n) is 5.12. The van der Waals surface area contributed by atoms with Crippen LogP contribution in [-0.4, -0.2) is 29.6 Å².